The van der Waals surface area contributed by atoms with Crippen LogP contribution in [-0.4, -0.2) is 37.5 Å². The lowest BCUT2D eigenvalue weighted by Gasteiger charge is -2.34. The van der Waals surface area contributed by atoms with E-state index in [1.54, 1.807) is 19.1 Å². The number of hydrogen-bond acceptors (Lipinski definition) is 5. The molecule has 7 nitrogen and oxygen atoms in total. The third-order valence-electron chi connectivity index (χ3n) is 4.54. The van der Waals surface area contributed by atoms with E-state index in [0.29, 0.717) is 23.5 Å². The molecule has 1 unspecified atom stereocenters. The van der Waals surface area contributed by atoms with E-state index < -0.39 is 0 Å². The Morgan fingerprint density at radius 3 is 2.80 bits per heavy atom. The van der Waals surface area contributed by atoms with Gasteiger partial charge in [0.05, 0.1) is 17.3 Å². The topological polar surface area (TPSA) is 98.6 Å². The number of H-pyrrole nitrogens is 1. The predicted octanol–water partition coefficient (Wildman–Crippen LogP) is 2.87. The van der Waals surface area contributed by atoms with Gasteiger partial charge in [-0.2, -0.15) is 10.4 Å². The van der Waals surface area contributed by atoms with Crippen LogP contribution >= 0.6 is 0 Å². The van der Waals surface area contributed by atoms with E-state index in [1.807, 2.05) is 18.7 Å². The highest BCUT2D eigenvalue weighted by Gasteiger charge is 2.32. The Balaban J connectivity index is 1.88. The zero-order valence-electron chi connectivity index (χ0n) is 14.8. The number of rotatable bonds is 3. The summed E-state index contributed by atoms with van der Waals surface area (Å²) in [5.74, 6) is 1.61. The van der Waals surface area contributed by atoms with Gasteiger partial charge in [-0.1, -0.05) is 13.8 Å². The van der Waals surface area contributed by atoms with Crippen molar-refractivity contribution in [2.75, 3.05) is 6.54 Å². The smallest absolute Gasteiger partial charge is 0.273 e. The number of nitrogens with zero attached hydrogens (tertiary/aromatic N) is 5. The third-order valence-corrected chi connectivity index (χ3v) is 4.54. The molecule has 130 valence electrons. The van der Waals surface area contributed by atoms with Gasteiger partial charge in [-0.15, -0.1) is 0 Å². The number of likely N-dealkylation sites (tertiary alicyclic amines) is 1. The lowest BCUT2D eigenvalue weighted by atomic mass is 10.0. The Hall–Kier alpha value is -2.75. The number of nitriles is 1. The number of amides is 1. The van der Waals surface area contributed by atoms with Crippen molar-refractivity contribution in [2.45, 2.75) is 52.0 Å². The molecule has 0 spiro atoms. The molecule has 0 saturated carbocycles. The summed E-state index contributed by atoms with van der Waals surface area (Å²) in [5.41, 5.74) is 1.43. The second-order valence-corrected chi connectivity index (χ2v) is 6.68. The Labute approximate surface area is 147 Å². The number of nitrogens with one attached hydrogen (secondary N) is 1. The Morgan fingerprint density at radius 1 is 1.36 bits per heavy atom. The SMILES string of the molecule is Cc1nc(C(=O)N2CCCCC2c2nc(C(C)C)n[nH]2)ccc1C#N. The summed E-state index contributed by atoms with van der Waals surface area (Å²) in [7, 11) is 0. The summed E-state index contributed by atoms with van der Waals surface area (Å²) in [6, 6.07) is 5.24. The summed E-state index contributed by atoms with van der Waals surface area (Å²) >= 11 is 0. The monoisotopic (exact) mass is 338 g/mol. The maximum absolute atomic E-state index is 13.0. The molecule has 3 rings (SSSR count). The summed E-state index contributed by atoms with van der Waals surface area (Å²) in [5, 5.41) is 16.3. The molecule has 2 aromatic rings. The molecule has 1 amide bonds. The standard InChI is InChI=1S/C18H22N6O/c1-11(2)16-21-17(23-22-16)15-6-4-5-9-24(15)18(25)14-8-7-13(10-19)12(3)20-14/h7-8,11,15H,4-6,9H2,1-3H3,(H,21,22,23). The fraction of sp³-hybridized carbons (Fsp3) is 0.500. The minimum atomic E-state index is -0.125. The molecule has 1 N–H and O–H groups in total. The van der Waals surface area contributed by atoms with E-state index in [4.69, 9.17) is 5.26 Å². The molecule has 3 heterocycles. The molecule has 0 radical (unpaired) electrons. The number of aromatic nitrogens is 4. The van der Waals surface area contributed by atoms with Gasteiger partial charge in [0.15, 0.2) is 5.82 Å². The highest BCUT2D eigenvalue weighted by Crippen LogP contribution is 2.30. The van der Waals surface area contributed by atoms with Crippen LogP contribution in [0.3, 0.4) is 0 Å². The molecule has 0 aromatic carbocycles. The highest BCUT2D eigenvalue weighted by molar-refractivity contribution is 5.92. The van der Waals surface area contributed by atoms with Gasteiger partial charge in [0.2, 0.25) is 0 Å². The van der Waals surface area contributed by atoms with Crippen LogP contribution < -0.4 is 0 Å². The quantitative estimate of drug-likeness (QED) is 0.928. The molecule has 0 aliphatic carbocycles. The number of carbonyl (C=O) groups excluding carboxylic acids is 1. The van der Waals surface area contributed by atoms with Crippen molar-refractivity contribution < 1.29 is 4.79 Å². The number of hydrogen-bond donors (Lipinski definition) is 1. The van der Waals surface area contributed by atoms with Gasteiger partial charge >= 0.3 is 0 Å². The van der Waals surface area contributed by atoms with Gasteiger partial charge in [0.25, 0.3) is 5.91 Å². The van der Waals surface area contributed by atoms with Gasteiger partial charge in [-0.05, 0) is 38.3 Å². The fourth-order valence-corrected chi connectivity index (χ4v) is 3.10. The summed E-state index contributed by atoms with van der Waals surface area (Å²) in [6.45, 7) is 6.50. The second-order valence-electron chi connectivity index (χ2n) is 6.68. The van der Waals surface area contributed by atoms with Crippen molar-refractivity contribution in [3.8, 4) is 6.07 Å². The van der Waals surface area contributed by atoms with E-state index in [1.165, 1.54) is 0 Å². The summed E-state index contributed by atoms with van der Waals surface area (Å²) < 4.78 is 0. The first-order chi connectivity index (χ1) is 12.0. The van der Waals surface area contributed by atoms with Gasteiger partial charge < -0.3 is 4.90 Å². The van der Waals surface area contributed by atoms with Crippen molar-refractivity contribution in [3.05, 3.63) is 40.7 Å². The van der Waals surface area contributed by atoms with Gasteiger partial charge in [-0.3, -0.25) is 9.89 Å². The molecule has 0 bridgehead atoms. The van der Waals surface area contributed by atoms with Crippen LogP contribution in [0.1, 0.15) is 78.5 Å². The van der Waals surface area contributed by atoms with E-state index in [9.17, 15) is 4.79 Å². The molecular weight excluding hydrogens is 316 g/mol. The van der Waals surface area contributed by atoms with E-state index >= 15 is 0 Å². The van der Waals surface area contributed by atoms with Crippen LogP contribution in [0.2, 0.25) is 0 Å². The number of pyridine rings is 1. The highest BCUT2D eigenvalue weighted by atomic mass is 16.2. The molecule has 1 saturated heterocycles. The first-order valence-corrected chi connectivity index (χ1v) is 8.62. The van der Waals surface area contributed by atoms with Gasteiger partial charge in [0.1, 0.15) is 17.6 Å². The Bertz CT molecular complexity index is 819. The number of aromatic amines is 1. The lowest BCUT2D eigenvalue weighted by molar-refractivity contribution is 0.0594. The van der Waals surface area contributed by atoms with E-state index in [-0.39, 0.29) is 17.9 Å². The fourth-order valence-electron chi connectivity index (χ4n) is 3.10. The average Bonchev–Trinajstić information content (AvgIpc) is 3.11. The van der Waals surface area contributed by atoms with Crippen LogP contribution in [-0.2, 0) is 0 Å². The zero-order valence-corrected chi connectivity index (χ0v) is 14.8. The van der Waals surface area contributed by atoms with Crippen molar-refractivity contribution in [2.24, 2.45) is 0 Å². The van der Waals surface area contributed by atoms with Crippen LogP contribution in [0, 0.1) is 18.3 Å². The molecule has 1 aliphatic heterocycles. The molecule has 7 heteroatoms. The van der Waals surface area contributed by atoms with Crippen molar-refractivity contribution in [3.63, 3.8) is 0 Å². The van der Waals surface area contributed by atoms with E-state index in [2.05, 4.69) is 26.2 Å². The number of piperidine rings is 1. The van der Waals surface area contributed by atoms with Crippen LogP contribution in [0.4, 0.5) is 0 Å². The van der Waals surface area contributed by atoms with Crippen LogP contribution in [0.25, 0.3) is 0 Å². The van der Waals surface area contributed by atoms with Crippen molar-refractivity contribution >= 4 is 5.91 Å². The van der Waals surface area contributed by atoms with Crippen LogP contribution in [0.5, 0.6) is 0 Å². The molecule has 1 fully saturated rings. The summed E-state index contributed by atoms with van der Waals surface area (Å²) in [4.78, 5) is 23.7. The minimum Gasteiger partial charge on any atom is -0.327 e. The van der Waals surface area contributed by atoms with Gasteiger partial charge in [0, 0.05) is 12.5 Å². The number of aryl methyl sites for hydroxylation is 1. The van der Waals surface area contributed by atoms with E-state index in [0.717, 1.165) is 30.9 Å². The average molecular weight is 338 g/mol. The molecule has 2 aromatic heterocycles. The normalized spacial score (nSPS) is 17.6. The second kappa shape index (κ2) is 7.01. The summed E-state index contributed by atoms with van der Waals surface area (Å²) in [6.07, 6.45) is 2.86. The van der Waals surface area contributed by atoms with Gasteiger partial charge in [-0.25, -0.2) is 9.97 Å². The Morgan fingerprint density at radius 2 is 2.16 bits per heavy atom. The largest absolute Gasteiger partial charge is 0.327 e. The van der Waals surface area contributed by atoms with Crippen molar-refractivity contribution in [1.82, 2.24) is 25.1 Å². The zero-order chi connectivity index (χ0) is 18.0. The van der Waals surface area contributed by atoms with Crippen LogP contribution in [0.15, 0.2) is 12.1 Å². The number of carbonyl (C=O) groups is 1. The first-order valence-electron chi connectivity index (χ1n) is 8.62. The molecule has 25 heavy (non-hydrogen) atoms. The molecule has 1 aliphatic rings. The Kier molecular flexibility index (Phi) is 4.79. The maximum Gasteiger partial charge on any atom is 0.273 e. The lowest BCUT2D eigenvalue weighted by Crippen LogP contribution is -2.39. The first kappa shape index (κ1) is 17.1. The predicted molar refractivity (Wildman–Crippen MR) is 91.8 cm³/mol. The minimum absolute atomic E-state index is 0.112. The molecular formula is C18H22N6O. The van der Waals surface area contributed by atoms with Crippen molar-refractivity contribution in [1.29, 1.82) is 5.26 Å². The molecule has 1 atom stereocenters. The third kappa shape index (κ3) is 3.38. The maximum atomic E-state index is 13.0.